The summed E-state index contributed by atoms with van der Waals surface area (Å²) in [7, 11) is 0. The van der Waals surface area contributed by atoms with E-state index in [1.165, 1.54) is 0 Å². The molecule has 0 bridgehead atoms. The quantitative estimate of drug-likeness (QED) is 0.329. The minimum Gasteiger partial charge on any atom is -0.481 e. The Balaban J connectivity index is 4.99. The second-order valence-corrected chi connectivity index (χ2v) is 17.6. The van der Waals surface area contributed by atoms with Crippen LogP contribution in [0.25, 0.3) is 0 Å². The van der Waals surface area contributed by atoms with Crippen LogP contribution in [-0.2, 0) is 23.9 Å². The van der Waals surface area contributed by atoms with Gasteiger partial charge in [0.1, 0.15) is 18.6 Å². The zero-order valence-corrected chi connectivity index (χ0v) is 20.4. The first-order chi connectivity index (χ1) is 9.76. The maximum Gasteiger partial charge on any atom is 0.344 e. The number of esters is 2. The van der Waals surface area contributed by atoms with Gasteiger partial charge in [0, 0.05) is 0 Å². The summed E-state index contributed by atoms with van der Waals surface area (Å²) >= 11 is 17.8. The van der Waals surface area contributed by atoms with Gasteiger partial charge in [-0.15, -0.1) is 0 Å². The van der Waals surface area contributed by atoms with Crippen LogP contribution < -0.4 is 0 Å². The van der Waals surface area contributed by atoms with Gasteiger partial charge in [0.25, 0.3) is 0 Å². The first kappa shape index (κ1) is 23.3. The summed E-state index contributed by atoms with van der Waals surface area (Å²) < 4.78 is 7.30. The van der Waals surface area contributed by atoms with Crippen molar-refractivity contribution in [3.05, 3.63) is 0 Å². The van der Waals surface area contributed by atoms with Crippen LogP contribution in [0.2, 0.25) is 0 Å². The van der Waals surface area contributed by atoms with E-state index in [0.717, 1.165) is 0 Å². The van der Waals surface area contributed by atoms with Crippen molar-refractivity contribution in [3.8, 4) is 0 Å². The summed E-state index contributed by atoms with van der Waals surface area (Å²) in [5, 5.41) is 9.40. The van der Waals surface area contributed by atoms with Crippen LogP contribution in [0.4, 0.5) is 0 Å². The van der Waals surface area contributed by atoms with Crippen molar-refractivity contribution in [1.29, 1.82) is 0 Å². The molecule has 0 aromatic rings. The van der Waals surface area contributed by atoms with Gasteiger partial charge >= 0.3 is 17.9 Å². The lowest BCUT2D eigenvalue weighted by Crippen LogP contribution is -2.43. The molecule has 0 aliphatic carbocycles. The zero-order chi connectivity index (χ0) is 17.8. The number of hydrogen-bond donors (Lipinski definition) is 1. The number of carbonyl (C=O) groups is 3. The Bertz CT molecular complexity index is 410. The summed E-state index contributed by atoms with van der Waals surface area (Å²) in [6.45, 7) is 0.661. The molecule has 0 spiro atoms. The van der Waals surface area contributed by atoms with Crippen LogP contribution in [0.15, 0.2) is 0 Å². The fraction of sp³-hybridized carbons (Fsp3) is 0.700. The maximum absolute atomic E-state index is 11.7. The van der Waals surface area contributed by atoms with Gasteiger partial charge in [0.2, 0.25) is 4.29 Å². The highest BCUT2D eigenvalue weighted by molar-refractivity contribution is 9.40. The molecule has 0 rings (SSSR count). The molecule has 0 fully saturated rings. The van der Waals surface area contributed by atoms with Crippen molar-refractivity contribution in [3.63, 3.8) is 0 Å². The lowest BCUT2D eigenvalue weighted by molar-refractivity contribution is -0.166. The van der Waals surface area contributed by atoms with E-state index in [-0.39, 0.29) is 6.42 Å². The number of carbonyl (C=O) groups excluding carboxylic acids is 2. The predicted octanol–water partition coefficient (Wildman–Crippen LogP) is 4.23. The van der Waals surface area contributed by atoms with Crippen LogP contribution in [0.3, 0.4) is 0 Å². The van der Waals surface area contributed by atoms with Gasteiger partial charge in [-0.2, -0.15) is 0 Å². The number of ether oxygens (including phenoxy) is 2. The molecule has 128 valence electrons. The summed E-state index contributed by atoms with van der Waals surface area (Å²) in [5.41, 5.74) is -1.55. The van der Waals surface area contributed by atoms with E-state index < -0.39 is 40.8 Å². The van der Waals surface area contributed by atoms with Gasteiger partial charge in [-0.05, 0) is 102 Å². The second kappa shape index (κ2) is 9.12. The van der Waals surface area contributed by atoms with Crippen molar-refractivity contribution < 1.29 is 29.0 Å². The van der Waals surface area contributed by atoms with E-state index in [2.05, 4.69) is 95.6 Å². The number of rotatable bonds is 6. The van der Waals surface area contributed by atoms with E-state index in [1.54, 1.807) is 6.92 Å². The smallest absolute Gasteiger partial charge is 0.344 e. The van der Waals surface area contributed by atoms with Gasteiger partial charge in [0.15, 0.2) is 0 Å². The Morgan fingerprint density at radius 2 is 1.18 bits per heavy atom. The number of carboxylic acids is 1. The molecule has 0 aromatic carbocycles. The normalized spacial score (nSPS) is 12.7. The molecular weight excluding hydrogens is 696 g/mol. The molecule has 0 heterocycles. The van der Waals surface area contributed by atoms with Crippen LogP contribution >= 0.6 is 95.6 Å². The van der Waals surface area contributed by atoms with Gasteiger partial charge in [-0.25, -0.2) is 9.59 Å². The Kier molecular flexibility index (Phi) is 9.65. The summed E-state index contributed by atoms with van der Waals surface area (Å²) in [5.74, 6) is -2.79. The lowest BCUT2D eigenvalue weighted by Gasteiger charge is -2.28. The average molecular weight is 706 g/mol. The molecule has 0 saturated heterocycles. The average Bonchev–Trinajstić information content (AvgIpc) is 2.36. The highest BCUT2D eigenvalue weighted by Crippen LogP contribution is 2.37. The van der Waals surface area contributed by atoms with Gasteiger partial charge in [-0.3, -0.25) is 4.79 Å². The fourth-order valence-corrected chi connectivity index (χ4v) is 1.78. The molecule has 6 nitrogen and oxygen atoms in total. The van der Waals surface area contributed by atoms with Gasteiger partial charge < -0.3 is 14.6 Å². The number of halogens is 6. The zero-order valence-electron chi connectivity index (χ0n) is 10.9. The summed E-state index contributed by atoms with van der Waals surface area (Å²) in [6.07, 6.45) is 0.0859. The van der Waals surface area contributed by atoms with E-state index in [0.29, 0.717) is 0 Å². The molecule has 0 saturated carbocycles. The number of carboxylic acid groups (broad SMARTS) is 1. The van der Waals surface area contributed by atoms with E-state index in [1.807, 2.05) is 0 Å². The summed E-state index contributed by atoms with van der Waals surface area (Å²) in [6, 6.07) is 0. The molecule has 12 heteroatoms. The second-order valence-electron chi connectivity index (χ2n) is 4.09. The predicted molar refractivity (Wildman–Crippen MR) is 101 cm³/mol. The molecule has 0 aliphatic heterocycles. The topological polar surface area (TPSA) is 89.9 Å². The standard InChI is InChI=1S/C10H10Br6O6/c1-2-8(5(17)18,3-21-6(19)9(11,12)13)4-22-7(20)10(14,15)16/h2-4H2,1H3,(H,17,18). The van der Waals surface area contributed by atoms with Crippen molar-refractivity contribution in [1.82, 2.24) is 0 Å². The minimum absolute atomic E-state index is 0.0859. The van der Waals surface area contributed by atoms with E-state index in [9.17, 15) is 19.5 Å². The molecule has 22 heavy (non-hydrogen) atoms. The molecular formula is C10H10Br6O6. The molecule has 0 aromatic heterocycles. The van der Waals surface area contributed by atoms with Gasteiger partial charge in [-0.1, -0.05) is 6.92 Å². The molecule has 0 radical (unpaired) electrons. The van der Waals surface area contributed by atoms with Crippen LogP contribution in [-0.4, -0.2) is 40.5 Å². The van der Waals surface area contributed by atoms with Crippen molar-refractivity contribution in [2.45, 2.75) is 17.6 Å². The minimum atomic E-state index is -1.55. The SMILES string of the molecule is CCC(COC(=O)C(Br)(Br)Br)(COC(=O)C(Br)(Br)Br)C(=O)O. The Morgan fingerprint density at radius 3 is 1.36 bits per heavy atom. The molecule has 0 aliphatic rings. The third-order valence-corrected chi connectivity index (χ3v) is 4.49. The number of alkyl halides is 6. The monoisotopic (exact) mass is 700 g/mol. The third kappa shape index (κ3) is 7.45. The Labute approximate surface area is 177 Å². The number of hydrogen-bond acceptors (Lipinski definition) is 5. The van der Waals surface area contributed by atoms with E-state index >= 15 is 0 Å². The van der Waals surface area contributed by atoms with Crippen molar-refractivity contribution in [2.24, 2.45) is 5.41 Å². The van der Waals surface area contributed by atoms with Crippen LogP contribution in [0, 0.1) is 5.41 Å². The van der Waals surface area contributed by atoms with Crippen LogP contribution in [0.5, 0.6) is 0 Å². The highest BCUT2D eigenvalue weighted by Gasteiger charge is 2.43. The summed E-state index contributed by atoms with van der Waals surface area (Å²) in [4.78, 5) is 34.8. The van der Waals surface area contributed by atoms with E-state index in [4.69, 9.17) is 9.47 Å². The third-order valence-electron chi connectivity index (χ3n) is 2.55. The first-order valence-corrected chi connectivity index (χ1v) is 10.2. The Hall–Kier alpha value is 1.29. The fourth-order valence-electron chi connectivity index (χ4n) is 1.09. The first-order valence-electron chi connectivity index (χ1n) is 5.47. The van der Waals surface area contributed by atoms with Gasteiger partial charge in [0.05, 0.1) is 0 Å². The molecule has 0 unspecified atom stereocenters. The largest absolute Gasteiger partial charge is 0.481 e. The lowest BCUT2D eigenvalue weighted by atomic mass is 9.87. The molecule has 0 atom stereocenters. The van der Waals surface area contributed by atoms with Crippen LogP contribution in [0.1, 0.15) is 13.3 Å². The number of aliphatic carboxylic acids is 1. The maximum atomic E-state index is 11.7. The molecule has 1 N–H and O–H groups in total. The highest BCUT2D eigenvalue weighted by atomic mass is 80.0. The van der Waals surface area contributed by atoms with Crippen molar-refractivity contribution >= 4 is 113 Å². The molecule has 0 amide bonds. The Morgan fingerprint density at radius 1 is 0.864 bits per heavy atom. The van der Waals surface area contributed by atoms with Crippen molar-refractivity contribution in [2.75, 3.05) is 13.2 Å².